The lowest BCUT2D eigenvalue weighted by Gasteiger charge is -2.31. The number of halogens is 2. The van der Waals surface area contributed by atoms with Gasteiger partial charge < -0.3 is 25.0 Å². The second-order valence-electron chi connectivity index (χ2n) is 14.8. The highest BCUT2D eigenvalue weighted by atomic mass is 32.2. The molecule has 3 fully saturated rings. The molecule has 5 bridgehead atoms. The largest absolute Gasteiger partial charge is 0.471 e. The van der Waals surface area contributed by atoms with Crippen LogP contribution in [0.25, 0.3) is 22.3 Å². The molecule has 3 N–H and O–H groups in total. The van der Waals surface area contributed by atoms with Crippen LogP contribution in [0.4, 0.5) is 13.6 Å². The number of ether oxygens (including phenoxy) is 2. The van der Waals surface area contributed by atoms with Crippen molar-refractivity contribution in [2.75, 3.05) is 13.2 Å². The normalized spacial score (nSPS) is 26.2. The first kappa shape index (κ1) is 37.4. The Balaban J connectivity index is 1.25. The van der Waals surface area contributed by atoms with E-state index in [-0.39, 0.29) is 25.5 Å². The van der Waals surface area contributed by atoms with E-state index in [1.54, 1.807) is 13.8 Å². The van der Waals surface area contributed by atoms with E-state index < -0.39 is 87.5 Å². The molecule has 2 aromatic carbocycles. The number of amides is 4. The van der Waals surface area contributed by atoms with Crippen LogP contribution in [0.2, 0.25) is 0 Å². The van der Waals surface area contributed by atoms with Crippen molar-refractivity contribution in [3.8, 4) is 17.1 Å². The monoisotopic (exact) mass is 768 g/mol. The molecule has 3 heterocycles. The number of carbonyl (C=O) groups is 4. The molecule has 1 saturated heterocycles. The smallest absolute Gasteiger partial charge is 0.407 e. The lowest BCUT2D eigenvalue weighted by atomic mass is 10.0. The summed E-state index contributed by atoms with van der Waals surface area (Å²) in [5.74, 6) is -4.85. The van der Waals surface area contributed by atoms with Gasteiger partial charge in [-0.25, -0.2) is 32.0 Å². The van der Waals surface area contributed by atoms with Gasteiger partial charge in [0.25, 0.3) is 5.91 Å². The third kappa shape index (κ3) is 7.68. The Hall–Kier alpha value is -4.93. The van der Waals surface area contributed by atoms with Crippen molar-refractivity contribution in [1.29, 1.82) is 0 Å². The topological polar surface area (TPSA) is 186 Å². The number of aryl methyl sites for hydroxylation is 1. The van der Waals surface area contributed by atoms with Crippen molar-refractivity contribution in [3.05, 3.63) is 54.1 Å². The number of nitrogens with zero attached hydrogens (tertiary/aromatic N) is 3. The molecule has 4 amide bonds. The summed E-state index contributed by atoms with van der Waals surface area (Å²) in [6.07, 6.45) is -2.82. The van der Waals surface area contributed by atoms with E-state index in [2.05, 4.69) is 10.6 Å². The minimum atomic E-state index is -4.13. The summed E-state index contributed by atoms with van der Waals surface area (Å²) in [5, 5.41) is 4.23. The summed E-state index contributed by atoms with van der Waals surface area (Å²) in [4.78, 5) is 65.7. The van der Waals surface area contributed by atoms with Gasteiger partial charge in [-0.3, -0.25) is 19.1 Å². The van der Waals surface area contributed by atoms with Gasteiger partial charge in [-0.2, -0.15) is 0 Å². The van der Waals surface area contributed by atoms with Gasteiger partial charge in [0.1, 0.15) is 29.4 Å². The zero-order valence-electron chi connectivity index (χ0n) is 29.8. The van der Waals surface area contributed by atoms with Crippen LogP contribution in [0.1, 0.15) is 57.9 Å². The Labute approximate surface area is 310 Å². The molecule has 7 rings (SSSR count). The molecule has 5 atom stereocenters. The zero-order chi connectivity index (χ0) is 38.4. The zero-order valence-corrected chi connectivity index (χ0v) is 30.6. The number of alkyl halides is 2. The van der Waals surface area contributed by atoms with Crippen molar-refractivity contribution in [2.24, 2.45) is 11.8 Å². The van der Waals surface area contributed by atoms with Crippen molar-refractivity contribution in [1.82, 2.24) is 30.2 Å². The number of aromatic nitrogens is 2. The summed E-state index contributed by atoms with van der Waals surface area (Å²) in [5.41, 5.74) is 1.07. The van der Waals surface area contributed by atoms with Crippen molar-refractivity contribution in [2.45, 2.75) is 94.2 Å². The summed E-state index contributed by atoms with van der Waals surface area (Å²) in [7, 11) is -4.13. The number of sulfonamides is 1. The van der Waals surface area contributed by atoms with E-state index in [1.165, 1.54) is 4.90 Å². The molecule has 17 heteroatoms. The van der Waals surface area contributed by atoms with Gasteiger partial charge in [-0.1, -0.05) is 50.2 Å². The second kappa shape index (κ2) is 14.7. The SMILES string of the molecule is CC(C)[C@@H]1NC(=O)OCCCCc2ccc3nc(-c4ccccc4)c(nc3c2)O[C@@H]2C[C@@H](C(=O)N[C@@]3(C(=O)NS(=O)(=O)C4CC4)C[C@H]3C(F)F)N(C2)C1=O. The number of carbonyl (C=O) groups excluding carboxylic acids is 4. The van der Waals surface area contributed by atoms with Crippen LogP contribution < -0.4 is 20.1 Å². The molecule has 0 spiro atoms. The Morgan fingerprint density at radius 2 is 1.80 bits per heavy atom. The van der Waals surface area contributed by atoms with E-state index in [9.17, 15) is 36.4 Å². The van der Waals surface area contributed by atoms with Crippen LogP contribution in [-0.4, -0.2) is 95.7 Å². The minimum absolute atomic E-state index is 0.0966. The molecular formula is C37H42F2N6O8S. The summed E-state index contributed by atoms with van der Waals surface area (Å²) in [6.45, 7) is 3.32. The lowest BCUT2D eigenvalue weighted by Crippen LogP contribution is -2.59. The predicted octanol–water partition coefficient (Wildman–Crippen LogP) is 3.48. The molecule has 2 aliphatic carbocycles. The average molecular weight is 769 g/mol. The molecular weight excluding hydrogens is 727 g/mol. The standard InChI is InChI=1S/C37H42F2N6O8S/c1-20(2)29-34(47)45-19-23(17-28(45)32(46)43-37(18-25(37)31(38)39)35(48)44-54(50,51)24-12-13-24)53-33-30(22-9-4-3-5-10-22)40-26-14-11-21(16-27(26)41-33)8-6-7-15-52-36(49)42-29/h3-5,9-11,14,16,20,23-25,28-29,31H,6-8,12-13,15,17-19H2,1-2H3,(H,42,49)(H,43,46)(H,44,48)/t23-,25+,28+,29+,37+/m1/s1. The van der Waals surface area contributed by atoms with Crippen molar-refractivity contribution >= 4 is 44.9 Å². The van der Waals surface area contributed by atoms with Gasteiger partial charge in [-0.15, -0.1) is 0 Å². The number of fused-ring (bicyclic) bond motifs is 4. The fraction of sp³-hybridized carbons (Fsp3) is 0.514. The van der Waals surface area contributed by atoms with Gasteiger partial charge in [0.05, 0.1) is 35.4 Å². The van der Waals surface area contributed by atoms with Crippen LogP contribution in [-0.2, 0) is 35.6 Å². The highest BCUT2D eigenvalue weighted by molar-refractivity contribution is 7.91. The fourth-order valence-corrected chi connectivity index (χ4v) is 8.50. The predicted molar refractivity (Wildman–Crippen MR) is 191 cm³/mol. The lowest BCUT2D eigenvalue weighted by molar-refractivity contribution is -0.142. The number of nitrogens with one attached hydrogen (secondary N) is 3. The van der Waals surface area contributed by atoms with E-state index in [1.807, 2.05) is 53.3 Å². The second-order valence-corrected chi connectivity index (χ2v) is 16.7. The molecule has 54 heavy (non-hydrogen) atoms. The van der Waals surface area contributed by atoms with E-state index in [4.69, 9.17) is 19.4 Å². The van der Waals surface area contributed by atoms with Gasteiger partial charge in [0.15, 0.2) is 0 Å². The number of rotatable bonds is 8. The van der Waals surface area contributed by atoms with E-state index in [0.29, 0.717) is 54.4 Å². The Morgan fingerprint density at radius 3 is 2.48 bits per heavy atom. The van der Waals surface area contributed by atoms with Crippen molar-refractivity contribution < 1.29 is 45.9 Å². The Morgan fingerprint density at radius 1 is 1.04 bits per heavy atom. The number of hydrogen-bond donors (Lipinski definition) is 3. The molecule has 2 saturated carbocycles. The molecule has 2 aliphatic heterocycles. The first-order valence-electron chi connectivity index (χ1n) is 18.2. The van der Waals surface area contributed by atoms with Crippen LogP contribution in [0.15, 0.2) is 48.5 Å². The Bertz CT molecular complexity index is 2070. The van der Waals surface area contributed by atoms with E-state index >= 15 is 0 Å². The maximum absolute atomic E-state index is 14.3. The third-order valence-corrected chi connectivity index (χ3v) is 12.3. The maximum Gasteiger partial charge on any atom is 0.407 e. The van der Waals surface area contributed by atoms with Gasteiger partial charge in [0, 0.05) is 12.0 Å². The van der Waals surface area contributed by atoms with Gasteiger partial charge in [-0.05, 0) is 62.1 Å². The summed E-state index contributed by atoms with van der Waals surface area (Å²) >= 11 is 0. The van der Waals surface area contributed by atoms with Gasteiger partial charge >= 0.3 is 6.09 Å². The fourth-order valence-electron chi connectivity index (χ4n) is 7.13. The van der Waals surface area contributed by atoms with Gasteiger partial charge in [0.2, 0.25) is 34.1 Å². The maximum atomic E-state index is 14.3. The summed E-state index contributed by atoms with van der Waals surface area (Å²) in [6, 6.07) is 12.4. The number of hydrogen-bond acceptors (Lipinski definition) is 10. The summed E-state index contributed by atoms with van der Waals surface area (Å²) < 4.78 is 67.2. The minimum Gasteiger partial charge on any atom is -0.471 e. The highest BCUT2D eigenvalue weighted by Gasteiger charge is 2.66. The molecule has 288 valence electrons. The van der Waals surface area contributed by atoms with Crippen LogP contribution in [0.3, 0.4) is 0 Å². The molecule has 14 nitrogen and oxygen atoms in total. The molecule has 1 aromatic heterocycles. The molecule has 3 aromatic rings. The third-order valence-electron chi connectivity index (χ3n) is 10.4. The van der Waals surface area contributed by atoms with Crippen LogP contribution in [0.5, 0.6) is 5.88 Å². The van der Waals surface area contributed by atoms with Crippen molar-refractivity contribution in [3.63, 3.8) is 0 Å². The number of alkyl carbamates (subject to hydrolysis) is 1. The first-order chi connectivity index (χ1) is 25.8. The highest BCUT2D eigenvalue weighted by Crippen LogP contribution is 2.48. The first-order valence-corrected chi connectivity index (χ1v) is 19.7. The number of cyclic esters (lactones) is 1. The number of benzene rings is 2. The molecule has 0 radical (unpaired) electrons. The Kier molecular flexibility index (Phi) is 10.2. The molecule has 4 aliphatic rings. The quantitative estimate of drug-likeness (QED) is 0.307. The van der Waals surface area contributed by atoms with Crippen LogP contribution in [0, 0.1) is 11.8 Å². The van der Waals surface area contributed by atoms with Crippen LogP contribution >= 0.6 is 0 Å². The molecule has 0 unspecified atom stereocenters. The van der Waals surface area contributed by atoms with E-state index in [0.717, 1.165) is 5.56 Å². The average Bonchev–Trinajstić information content (AvgIpc) is 4.06.